The van der Waals surface area contributed by atoms with Crippen LogP contribution in [0, 0.1) is 5.92 Å². The highest BCUT2D eigenvalue weighted by Crippen LogP contribution is 2.46. The summed E-state index contributed by atoms with van der Waals surface area (Å²) in [5, 5.41) is 4.95. The van der Waals surface area contributed by atoms with Gasteiger partial charge in [-0.1, -0.05) is 49.3 Å². The molecule has 5 amide bonds. The minimum Gasteiger partial charge on any atom is -0.446 e. The van der Waals surface area contributed by atoms with Gasteiger partial charge >= 0.3 is 12.2 Å². The maximum atomic E-state index is 14.4. The van der Waals surface area contributed by atoms with E-state index in [1.54, 1.807) is 4.90 Å². The van der Waals surface area contributed by atoms with Crippen molar-refractivity contribution in [3.05, 3.63) is 47.5 Å². The third-order valence-electron chi connectivity index (χ3n) is 11.2. The first-order valence-corrected chi connectivity index (χ1v) is 20.5. The van der Waals surface area contributed by atoms with Crippen molar-refractivity contribution < 1.29 is 46.6 Å². The molecule has 15 nitrogen and oxygen atoms in total. The molecule has 0 radical (unpaired) electrons. The Morgan fingerprint density at radius 2 is 1.72 bits per heavy atom. The van der Waals surface area contributed by atoms with Crippen molar-refractivity contribution in [3.8, 4) is 0 Å². The SMILES string of the molecule is O=C(N[C@H]1CCCCC/C=C\[C@@H]2C[C@@]2(C(=O)NS(=O)(=O)C2CC2)NC(=O)C2C[C@@H](OC(=O)N3CCc4ccccc4C3)CN2C1=O)OC1CCOCC1. The summed E-state index contributed by atoms with van der Waals surface area (Å²) in [4.78, 5) is 71.8. The van der Waals surface area contributed by atoms with Gasteiger partial charge in [0.2, 0.25) is 21.8 Å². The molecule has 288 valence electrons. The highest BCUT2D eigenvalue weighted by Gasteiger charge is 2.62. The van der Waals surface area contributed by atoms with Gasteiger partial charge in [-0.3, -0.25) is 19.1 Å². The van der Waals surface area contributed by atoms with Crippen LogP contribution in [0.25, 0.3) is 0 Å². The molecular weight excluding hydrogens is 706 g/mol. The summed E-state index contributed by atoms with van der Waals surface area (Å²) >= 11 is 0. The minimum atomic E-state index is -3.90. The fourth-order valence-electron chi connectivity index (χ4n) is 7.84. The molecular formula is C37H49N5O10S. The van der Waals surface area contributed by atoms with Crippen LogP contribution in [-0.4, -0.2) is 110 Å². The lowest BCUT2D eigenvalue weighted by atomic mass is 10.0. The molecule has 2 saturated heterocycles. The first-order chi connectivity index (χ1) is 25.5. The largest absolute Gasteiger partial charge is 0.446 e. The quantitative estimate of drug-likeness (QED) is 0.364. The van der Waals surface area contributed by atoms with Crippen molar-refractivity contribution in [1.29, 1.82) is 0 Å². The summed E-state index contributed by atoms with van der Waals surface area (Å²) in [7, 11) is -3.90. The van der Waals surface area contributed by atoms with Gasteiger partial charge in [-0.15, -0.1) is 0 Å². The second kappa shape index (κ2) is 15.7. The molecule has 4 fully saturated rings. The first kappa shape index (κ1) is 37.1. The molecule has 0 spiro atoms. The van der Waals surface area contributed by atoms with Gasteiger partial charge in [-0.25, -0.2) is 18.0 Å². The van der Waals surface area contributed by atoms with E-state index in [1.807, 2.05) is 36.4 Å². The van der Waals surface area contributed by atoms with E-state index in [0.29, 0.717) is 77.7 Å². The number of sulfonamides is 1. The van der Waals surface area contributed by atoms with Crippen LogP contribution >= 0.6 is 0 Å². The number of allylic oxidation sites excluding steroid dienone is 1. The van der Waals surface area contributed by atoms with E-state index in [-0.39, 0.29) is 25.5 Å². The zero-order valence-electron chi connectivity index (χ0n) is 29.8. The number of rotatable bonds is 6. The van der Waals surface area contributed by atoms with E-state index >= 15 is 0 Å². The minimum absolute atomic E-state index is 0.0500. The summed E-state index contributed by atoms with van der Waals surface area (Å²) in [6.07, 6.45) is 7.21. The summed E-state index contributed by atoms with van der Waals surface area (Å²) in [6.45, 7) is 1.64. The van der Waals surface area contributed by atoms with Crippen molar-refractivity contribution in [2.45, 2.75) is 119 Å². The fourth-order valence-corrected chi connectivity index (χ4v) is 9.20. The van der Waals surface area contributed by atoms with Gasteiger partial charge in [0, 0.05) is 38.3 Å². The van der Waals surface area contributed by atoms with Crippen molar-refractivity contribution in [2.24, 2.45) is 5.92 Å². The molecule has 6 aliphatic rings. The molecule has 1 aromatic rings. The monoisotopic (exact) mass is 755 g/mol. The molecule has 2 aliphatic carbocycles. The number of carbonyl (C=O) groups excluding carboxylic acids is 5. The third-order valence-corrected chi connectivity index (χ3v) is 13.1. The smallest absolute Gasteiger partial charge is 0.410 e. The Morgan fingerprint density at radius 1 is 0.943 bits per heavy atom. The topological polar surface area (TPSA) is 190 Å². The van der Waals surface area contributed by atoms with Crippen LogP contribution < -0.4 is 15.4 Å². The maximum absolute atomic E-state index is 14.4. The van der Waals surface area contributed by atoms with Gasteiger partial charge in [-0.2, -0.15) is 0 Å². The molecule has 3 N–H and O–H groups in total. The molecule has 2 saturated carbocycles. The molecule has 0 bridgehead atoms. The molecule has 1 unspecified atom stereocenters. The van der Waals surface area contributed by atoms with Crippen molar-refractivity contribution >= 4 is 39.9 Å². The van der Waals surface area contributed by atoms with Gasteiger partial charge in [0.25, 0.3) is 5.91 Å². The predicted molar refractivity (Wildman–Crippen MR) is 189 cm³/mol. The average molecular weight is 756 g/mol. The first-order valence-electron chi connectivity index (χ1n) is 18.9. The van der Waals surface area contributed by atoms with Crippen LogP contribution in [0.5, 0.6) is 0 Å². The van der Waals surface area contributed by atoms with E-state index in [0.717, 1.165) is 24.0 Å². The van der Waals surface area contributed by atoms with E-state index in [4.69, 9.17) is 14.2 Å². The standard InChI is InChI=1S/C37H49N5O10S/c43-32-31-20-28(52-36(47)41-17-14-24-8-6-7-9-25(24)22-41)23-42(31)33(44)30(38-35(46)51-27-15-18-50-19-16-27)11-5-3-1-2-4-10-26-21-37(26,39-32)34(45)40-53(48,49)29-12-13-29/h4,6-10,26-31H,1-3,5,11-23H2,(H,38,46)(H,39,43)(H,40,45)/b10-4-/t26-,28-,30+,31?,37-/m1/s1. The van der Waals surface area contributed by atoms with Crippen LogP contribution in [0.2, 0.25) is 0 Å². The van der Waals surface area contributed by atoms with Gasteiger partial charge in [-0.05, 0) is 56.1 Å². The van der Waals surface area contributed by atoms with Gasteiger partial charge in [0.15, 0.2) is 0 Å². The third kappa shape index (κ3) is 8.64. The number of hydrogen-bond acceptors (Lipinski definition) is 10. The highest BCUT2D eigenvalue weighted by atomic mass is 32.2. The predicted octanol–water partition coefficient (Wildman–Crippen LogP) is 2.43. The van der Waals surface area contributed by atoms with Crippen LogP contribution in [0.15, 0.2) is 36.4 Å². The van der Waals surface area contributed by atoms with E-state index in [1.165, 1.54) is 4.90 Å². The van der Waals surface area contributed by atoms with Crippen molar-refractivity contribution in [1.82, 2.24) is 25.2 Å². The molecule has 7 rings (SSSR count). The Bertz CT molecular complexity index is 1730. The molecule has 16 heteroatoms. The molecule has 5 atom stereocenters. The zero-order valence-corrected chi connectivity index (χ0v) is 30.7. The Morgan fingerprint density at radius 3 is 2.49 bits per heavy atom. The van der Waals surface area contributed by atoms with Gasteiger partial charge < -0.3 is 34.6 Å². The normalized spacial score (nSPS) is 30.3. The lowest BCUT2D eigenvalue weighted by Crippen LogP contribution is -2.58. The lowest BCUT2D eigenvalue weighted by molar-refractivity contribution is -0.141. The maximum Gasteiger partial charge on any atom is 0.410 e. The van der Waals surface area contributed by atoms with E-state index in [9.17, 15) is 32.4 Å². The molecule has 4 heterocycles. The number of alkyl carbamates (subject to hydrolysis) is 1. The van der Waals surface area contributed by atoms with Gasteiger partial charge in [0.05, 0.1) is 25.0 Å². The second-order valence-corrected chi connectivity index (χ2v) is 17.1. The van der Waals surface area contributed by atoms with Crippen LogP contribution in [0.1, 0.15) is 81.8 Å². The zero-order chi connectivity index (χ0) is 37.2. The lowest BCUT2D eigenvalue weighted by Gasteiger charge is -2.30. The Balaban J connectivity index is 1.12. The fraction of sp³-hybridized carbons (Fsp3) is 0.649. The van der Waals surface area contributed by atoms with Crippen LogP contribution in [0.4, 0.5) is 9.59 Å². The van der Waals surface area contributed by atoms with Crippen molar-refractivity contribution in [3.63, 3.8) is 0 Å². The number of hydrogen-bond donors (Lipinski definition) is 3. The highest BCUT2D eigenvalue weighted by molar-refractivity contribution is 7.91. The van der Waals surface area contributed by atoms with Crippen LogP contribution in [-0.2, 0) is 51.6 Å². The Kier molecular flexibility index (Phi) is 11.0. The molecule has 0 aromatic heterocycles. The number of amides is 5. The number of fused-ring (bicyclic) bond motifs is 3. The van der Waals surface area contributed by atoms with E-state index in [2.05, 4.69) is 15.4 Å². The number of nitrogens with one attached hydrogen (secondary N) is 3. The number of nitrogens with zero attached hydrogens (tertiary/aromatic N) is 2. The van der Waals surface area contributed by atoms with Crippen molar-refractivity contribution in [2.75, 3.05) is 26.3 Å². The average Bonchev–Trinajstić information content (AvgIpc) is 4.07. The second-order valence-electron chi connectivity index (χ2n) is 15.1. The Labute approximate surface area is 309 Å². The summed E-state index contributed by atoms with van der Waals surface area (Å²) in [5.74, 6) is -2.45. The van der Waals surface area contributed by atoms with E-state index < -0.39 is 74.8 Å². The number of carbonyl (C=O) groups is 5. The molecule has 53 heavy (non-hydrogen) atoms. The molecule has 4 aliphatic heterocycles. The van der Waals surface area contributed by atoms with Crippen LogP contribution in [0.3, 0.4) is 0 Å². The number of benzene rings is 1. The Hall–Kier alpha value is -4.18. The summed E-state index contributed by atoms with van der Waals surface area (Å²) < 4.78 is 44.7. The number of ether oxygens (including phenoxy) is 3. The summed E-state index contributed by atoms with van der Waals surface area (Å²) in [6, 6.07) is 5.67. The molecule has 1 aromatic carbocycles. The van der Waals surface area contributed by atoms with Gasteiger partial charge in [0.1, 0.15) is 29.8 Å². The summed E-state index contributed by atoms with van der Waals surface area (Å²) in [5.41, 5.74) is 0.660.